The van der Waals surface area contributed by atoms with Crippen molar-refractivity contribution in [3.8, 4) is 5.88 Å². The molecule has 1 aliphatic heterocycles. The summed E-state index contributed by atoms with van der Waals surface area (Å²) in [6, 6.07) is 7.21. The molecule has 1 amide bonds. The number of fused-ring (bicyclic) bond motifs is 1. The van der Waals surface area contributed by atoms with Gasteiger partial charge in [-0.1, -0.05) is 0 Å². The van der Waals surface area contributed by atoms with Crippen LogP contribution < -0.4 is 10.3 Å². The Kier molecular flexibility index (Phi) is 6.39. The molecule has 3 aromatic heterocycles. The van der Waals surface area contributed by atoms with Crippen LogP contribution >= 0.6 is 0 Å². The topological polar surface area (TPSA) is 97.3 Å². The number of nitrogens with zero attached hydrogens (tertiary/aromatic N) is 3. The largest absolute Gasteiger partial charge is 0.481 e. The Morgan fingerprint density at radius 2 is 2.00 bits per heavy atom. The molecule has 1 saturated heterocycles. The second kappa shape index (κ2) is 9.38. The van der Waals surface area contributed by atoms with Crippen LogP contribution in [0.2, 0.25) is 0 Å². The van der Waals surface area contributed by atoms with Crippen molar-refractivity contribution in [2.75, 3.05) is 20.2 Å². The van der Waals surface area contributed by atoms with E-state index in [0.29, 0.717) is 62.0 Å². The monoisotopic (exact) mass is 436 g/mol. The summed E-state index contributed by atoms with van der Waals surface area (Å²) in [5.74, 6) is 0.572. The van der Waals surface area contributed by atoms with Crippen molar-refractivity contribution in [3.63, 3.8) is 0 Å². The molecular weight excluding hydrogens is 408 g/mol. The zero-order chi connectivity index (χ0) is 22.7. The van der Waals surface area contributed by atoms with E-state index in [9.17, 15) is 14.4 Å². The Bertz CT molecular complexity index is 1170. The number of Topliss-reactive ketones (excluding diaryl/α,β-unsaturated/α-hetero) is 1. The Morgan fingerprint density at radius 3 is 2.69 bits per heavy atom. The minimum Gasteiger partial charge on any atom is -0.481 e. The number of piperidine rings is 1. The molecule has 3 aromatic rings. The Hall–Kier alpha value is -3.42. The van der Waals surface area contributed by atoms with Gasteiger partial charge in [-0.05, 0) is 43.9 Å². The van der Waals surface area contributed by atoms with Crippen molar-refractivity contribution in [1.29, 1.82) is 0 Å². The van der Waals surface area contributed by atoms with Crippen LogP contribution in [0.1, 0.15) is 41.7 Å². The standard InChI is InChI=1S/C24H28N4O4/c1-27-11-10-19-20(27)14-18(26-24(19)31)4-3-5-22(29)28-12-8-16(9-13-28)23(30)17-6-7-21(32-2)25-15-17/h6-7,10-11,14-16H,3-5,8-9,12-13H2,1-2H3,(H,26,31). The number of carbonyl (C=O) groups is 2. The molecule has 1 aliphatic rings. The average molecular weight is 437 g/mol. The maximum Gasteiger partial charge on any atom is 0.257 e. The first-order chi connectivity index (χ1) is 15.5. The smallest absolute Gasteiger partial charge is 0.257 e. The number of aromatic amines is 1. The molecule has 32 heavy (non-hydrogen) atoms. The van der Waals surface area contributed by atoms with E-state index < -0.39 is 0 Å². The van der Waals surface area contributed by atoms with Crippen molar-refractivity contribution < 1.29 is 14.3 Å². The molecule has 0 aliphatic carbocycles. The summed E-state index contributed by atoms with van der Waals surface area (Å²) in [4.78, 5) is 46.4. The molecule has 168 valence electrons. The van der Waals surface area contributed by atoms with Crippen LogP contribution in [0.3, 0.4) is 0 Å². The first kappa shape index (κ1) is 21.8. The molecule has 0 aromatic carbocycles. The number of rotatable bonds is 7. The predicted octanol–water partition coefficient (Wildman–Crippen LogP) is 2.71. The molecular formula is C24H28N4O4. The highest BCUT2D eigenvalue weighted by Gasteiger charge is 2.28. The highest BCUT2D eigenvalue weighted by molar-refractivity contribution is 5.97. The molecule has 0 unspecified atom stereocenters. The highest BCUT2D eigenvalue weighted by Crippen LogP contribution is 2.23. The molecule has 0 radical (unpaired) electrons. The first-order valence-corrected chi connectivity index (χ1v) is 11.0. The fraction of sp³-hybridized carbons (Fsp3) is 0.417. The summed E-state index contributed by atoms with van der Waals surface area (Å²) in [6.45, 7) is 1.18. The lowest BCUT2D eigenvalue weighted by Gasteiger charge is -2.31. The molecule has 0 atom stereocenters. The maximum absolute atomic E-state index is 12.7. The Balaban J connectivity index is 1.26. The zero-order valence-corrected chi connectivity index (χ0v) is 18.5. The van der Waals surface area contributed by atoms with E-state index in [2.05, 4.69) is 9.97 Å². The van der Waals surface area contributed by atoms with Crippen molar-refractivity contribution in [1.82, 2.24) is 19.4 Å². The third-order valence-corrected chi connectivity index (χ3v) is 6.24. The number of aromatic nitrogens is 3. The van der Waals surface area contributed by atoms with E-state index in [-0.39, 0.29) is 23.2 Å². The lowest BCUT2D eigenvalue weighted by atomic mass is 9.89. The van der Waals surface area contributed by atoms with E-state index in [0.717, 1.165) is 11.2 Å². The fourth-order valence-electron chi connectivity index (χ4n) is 4.32. The van der Waals surface area contributed by atoms with Gasteiger partial charge >= 0.3 is 0 Å². The van der Waals surface area contributed by atoms with E-state index >= 15 is 0 Å². The molecule has 0 bridgehead atoms. The normalized spacial score (nSPS) is 14.6. The third kappa shape index (κ3) is 4.59. The summed E-state index contributed by atoms with van der Waals surface area (Å²) in [5.41, 5.74) is 2.23. The van der Waals surface area contributed by atoms with Crippen molar-refractivity contribution in [3.05, 3.63) is 58.3 Å². The van der Waals surface area contributed by atoms with Crippen LogP contribution in [-0.4, -0.2) is 51.3 Å². The maximum atomic E-state index is 12.7. The lowest BCUT2D eigenvalue weighted by molar-refractivity contribution is -0.132. The number of pyridine rings is 2. The number of likely N-dealkylation sites (tertiary alicyclic amines) is 1. The number of ketones is 1. The third-order valence-electron chi connectivity index (χ3n) is 6.24. The quantitative estimate of drug-likeness (QED) is 0.575. The molecule has 0 spiro atoms. The number of methoxy groups -OCH3 is 1. The van der Waals surface area contributed by atoms with Crippen molar-refractivity contribution in [2.24, 2.45) is 13.0 Å². The van der Waals surface area contributed by atoms with Crippen LogP contribution in [0, 0.1) is 5.92 Å². The molecule has 1 fully saturated rings. The summed E-state index contributed by atoms with van der Waals surface area (Å²) >= 11 is 0. The van der Waals surface area contributed by atoms with Crippen LogP contribution in [0.25, 0.3) is 10.9 Å². The minimum atomic E-state index is -0.0942. The van der Waals surface area contributed by atoms with Gasteiger partial charge in [0.05, 0.1) is 18.0 Å². The summed E-state index contributed by atoms with van der Waals surface area (Å²) in [7, 11) is 3.45. The van der Waals surface area contributed by atoms with E-state index in [4.69, 9.17) is 4.74 Å². The van der Waals surface area contributed by atoms with Gasteiger partial charge in [-0.15, -0.1) is 0 Å². The molecule has 0 saturated carbocycles. The van der Waals surface area contributed by atoms with Gasteiger partial charge in [-0.25, -0.2) is 4.98 Å². The Morgan fingerprint density at radius 1 is 1.22 bits per heavy atom. The number of aryl methyl sites for hydroxylation is 2. The lowest BCUT2D eigenvalue weighted by Crippen LogP contribution is -2.40. The molecule has 8 heteroatoms. The van der Waals surface area contributed by atoms with Crippen molar-refractivity contribution in [2.45, 2.75) is 32.1 Å². The molecule has 1 N–H and O–H groups in total. The number of nitrogens with one attached hydrogen (secondary N) is 1. The van der Waals surface area contributed by atoms with Gasteiger partial charge in [0.25, 0.3) is 5.56 Å². The number of hydrogen-bond acceptors (Lipinski definition) is 5. The first-order valence-electron chi connectivity index (χ1n) is 11.0. The van der Waals surface area contributed by atoms with Crippen LogP contribution in [0.15, 0.2) is 41.5 Å². The Labute approximate surface area is 186 Å². The molecule has 4 rings (SSSR count). The summed E-state index contributed by atoms with van der Waals surface area (Å²) in [6.07, 6.45) is 6.47. The second-order valence-electron chi connectivity index (χ2n) is 8.31. The van der Waals surface area contributed by atoms with Crippen LogP contribution in [-0.2, 0) is 18.3 Å². The highest BCUT2D eigenvalue weighted by atomic mass is 16.5. The van der Waals surface area contributed by atoms with Gasteiger partial charge < -0.3 is 19.2 Å². The van der Waals surface area contributed by atoms with Gasteiger partial charge in [0.15, 0.2) is 5.78 Å². The summed E-state index contributed by atoms with van der Waals surface area (Å²) < 4.78 is 6.96. The number of H-pyrrole nitrogens is 1. The number of hydrogen-bond donors (Lipinski definition) is 1. The summed E-state index contributed by atoms with van der Waals surface area (Å²) in [5, 5.41) is 0.676. The van der Waals surface area contributed by atoms with Crippen LogP contribution in [0.5, 0.6) is 5.88 Å². The predicted molar refractivity (Wildman–Crippen MR) is 121 cm³/mol. The minimum absolute atomic E-state index is 0.0762. The number of carbonyl (C=O) groups excluding carboxylic acids is 2. The van der Waals surface area contributed by atoms with Gasteiger partial charge in [0, 0.05) is 62.2 Å². The van der Waals surface area contributed by atoms with Gasteiger partial charge in [-0.2, -0.15) is 0 Å². The van der Waals surface area contributed by atoms with E-state index in [1.807, 2.05) is 28.8 Å². The molecule has 4 heterocycles. The van der Waals surface area contributed by atoms with Gasteiger partial charge in [-0.3, -0.25) is 14.4 Å². The number of ether oxygens (including phenoxy) is 1. The SMILES string of the molecule is COc1ccc(C(=O)C2CCN(C(=O)CCCc3cc4c(ccn4C)c(=O)[nH]3)CC2)cn1. The van der Waals surface area contributed by atoms with Crippen molar-refractivity contribution >= 4 is 22.6 Å². The van der Waals surface area contributed by atoms with Crippen LogP contribution in [0.4, 0.5) is 0 Å². The van der Waals surface area contributed by atoms with E-state index in [1.165, 1.54) is 7.11 Å². The van der Waals surface area contributed by atoms with Gasteiger partial charge in [0.1, 0.15) is 0 Å². The van der Waals surface area contributed by atoms with E-state index in [1.54, 1.807) is 24.4 Å². The number of amides is 1. The average Bonchev–Trinajstić information content (AvgIpc) is 3.20. The molecule has 8 nitrogen and oxygen atoms in total. The second-order valence-corrected chi connectivity index (χ2v) is 8.31. The van der Waals surface area contributed by atoms with Gasteiger partial charge in [0.2, 0.25) is 11.8 Å². The fourth-order valence-corrected chi connectivity index (χ4v) is 4.32. The zero-order valence-electron chi connectivity index (χ0n) is 18.5.